The first kappa shape index (κ1) is 32.9. The number of carbonyl (C=O) groups is 2. The molecule has 49 heavy (non-hydrogen) atoms. The van der Waals surface area contributed by atoms with Crippen molar-refractivity contribution in [3.05, 3.63) is 110 Å². The lowest BCUT2D eigenvalue weighted by atomic mass is 9.99. The van der Waals surface area contributed by atoms with Gasteiger partial charge in [0.1, 0.15) is 28.5 Å². The number of rotatable bonds is 11. The average Bonchev–Trinajstić information content (AvgIpc) is 3.73. The van der Waals surface area contributed by atoms with E-state index >= 15 is 0 Å². The highest BCUT2D eigenvalue weighted by Gasteiger charge is 2.32. The van der Waals surface area contributed by atoms with Crippen molar-refractivity contribution >= 4 is 46.2 Å². The molecule has 0 fully saturated rings. The molecule has 0 unspecified atom stereocenters. The molecule has 7 rings (SSSR count). The number of ketones is 1. The van der Waals surface area contributed by atoms with Crippen molar-refractivity contribution in [2.45, 2.75) is 65.3 Å². The molecule has 5 aromatic rings. The molecule has 0 spiro atoms. The Balaban J connectivity index is 0.938. The van der Waals surface area contributed by atoms with Crippen molar-refractivity contribution in [2.24, 2.45) is 4.99 Å². The fourth-order valence-electron chi connectivity index (χ4n) is 6.59. The number of unbranched alkanes of at least 4 members (excludes halogenated alkanes) is 2. The summed E-state index contributed by atoms with van der Waals surface area (Å²) in [6, 6.07) is 17.5. The van der Waals surface area contributed by atoms with Gasteiger partial charge in [0, 0.05) is 53.2 Å². The number of carbonyl (C=O) groups excluding carboxylic acids is 2. The Morgan fingerprint density at radius 2 is 1.67 bits per heavy atom. The molecule has 1 atom stereocenters. The van der Waals surface area contributed by atoms with Crippen molar-refractivity contribution in [1.29, 1.82) is 0 Å². The van der Waals surface area contributed by atoms with E-state index in [2.05, 4.69) is 68.5 Å². The van der Waals surface area contributed by atoms with Gasteiger partial charge in [-0.2, -0.15) is 0 Å². The molecule has 2 N–H and O–H groups in total. The van der Waals surface area contributed by atoms with E-state index in [0.717, 1.165) is 87.1 Å². The largest absolute Gasteiger partial charge is 0.370 e. The summed E-state index contributed by atoms with van der Waals surface area (Å²) in [6.45, 7) is 7.54. The number of nitrogens with one attached hydrogen (secondary N) is 2. The topological polar surface area (TPSA) is 114 Å². The van der Waals surface area contributed by atoms with Crippen LogP contribution in [-0.4, -0.2) is 50.2 Å². The number of fused-ring (bicyclic) bond motifs is 4. The summed E-state index contributed by atoms with van der Waals surface area (Å²) in [6.07, 6.45) is 5.83. The van der Waals surface area contributed by atoms with Gasteiger partial charge in [-0.15, -0.1) is 21.5 Å². The Morgan fingerprint density at radius 1 is 0.918 bits per heavy atom. The van der Waals surface area contributed by atoms with E-state index in [1.165, 1.54) is 4.88 Å². The van der Waals surface area contributed by atoms with Gasteiger partial charge in [-0.25, -0.2) is 4.98 Å². The van der Waals surface area contributed by atoms with Crippen molar-refractivity contribution in [1.82, 2.24) is 25.1 Å². The van der Waals surface area contributed by atoms with Crippen LogP contribution in [0.15, 0.2) is 65.8 Å². The van der Waals surface area contributed by atoms with Crippen LogP contribution in [0.5, 0.6) is 0 Å². The number of pyridine rings is 1. The maximum absolute atomic E-state index is 13.3. The summed E-state index contributed by atoms with van der Waals surface area (Å²) < 4.78 is 2.07. The number of aromatic nitrogens is 4. The molecule has 0 radical (unpaired) electrons. The Morgan fingerprint density at radius 3 is 2.51 bits per heavy atom. The third-order valence-electron chi connectivity index (χ3n) is 9.29. The molecule has 4 heterocycles. The van der Waals surface area contributed by atoms with Gasteiger partial charge in [0.25, 0.3) is 0 Å². The van der Waals surface area contributed by atoms with Gasteiger partial charge in [0.2, 0.25) is 5.91 Å². The van der Waals surface area contributed by atoms with Crippen molar-refractivity contribution in [3.8, 4) is 16.1 Å². The third-order valence-corrected chi connectivity index (χ3v) is 10.7. The highest BCUT2D eigenvalue weighted by molar-refractivity contribution is 7.15. The van der Waals surface area contributed by atoms with Crippen LogP contribution in [0.3, 0.4) is 0 Å². The number of amides is 1. The highest BCUT2D eigenvalue weighted by atomic mass is 35.5. The number of benzene rings is 2. The Hall–Kier alpha value is -4.67. The van der Waals surface area contributed by atoms with Crippen LogP contribution in [0.2, 0.25) is 5.02 Å². The van der Waals surface area contributed by atoms with Crippen LogP contribution in [-0.2, 0) is 22.4 Å². The number of hydrogen-bond donors (Lipinski definition) is 2. The van der Waals surface area contributed by atoms with Gasteiger partial charge in [-0.1, -0.05) is 41.9 Å². The summed E-state index contributed by atoms with van der Waals surface area (Å²) in [7, 11) is 0. The number of Topliss-reactive ketones (excluding diaryl/α,β-unsaturated/α-hetero) is 1. The van der Waals surface area contributed by atoms with Gasteiger partial charge in [-0.3, -0.25) is 19.1 Å². The minimum Gasteiger partial charge on any atom is -0.370 e. The first-order valence-electron chi connectivity index (χ1n) is 16.7. The van der Waals surface area contributed by atoms with E-state index in [4.69, 9.17) is 16.6 Å². The molecule has 1 aliphatic heterocycles. The molecule has 2 aliphatic rings. The van der Waals surface area contributed by atoms with Crippen molar-refractivity contribution < 1.29 is 9.59 Å². The lowest BCUT2D eigenvalue weighted by Crippen LogP contribution is -2.26. The second-order valence-corrected chi connectivity index (χ2v) is 14.4. The van der Waals surface area contributed by atoms with Crippen LogP contribution in [0, 0.1) is 20.8 Å². The molecule has 250 valence electrons. The minimum atomic E-state index is -0.488. The lowest BCUT2D eigenvalue weighted by Gasteiger charge is -2.13. The highest BCUT2D eigenvalue weighted by Crippen LogP contribution is 2.39. The second kappa shape index (κ2) is 14.1. The Kier molecular flexibility index (Phi) is 9.42. The van der Waals surface area contributed by atoms with E-state index in [1.54, 1.807) is 11.3 Å². The zero-order valence-electron chi connectivity index (χ0n) is 27.8. The van der Waals surface area contributed by atoms with E-state index < -0.39 is 6.04 Å². The third kappa shape index (κ3) is 6.93. The molecule has 0 bridgehead atoms. The summed E-state index contributed by atoms with van der Waals surface area (Å²) in [5.41, 5.74) is 8.45. The molecule has 9 nitrogen and oxygen atoms in total. The van der Waals surface area contributed by atoms with E-state index in [1.807, 2.05) is 43.5 Å². The molecule has 11 heteroatoms. The summed E-state index contributed by atoms with van der Waals surface area (Å²) in [5, 5.41) is 17.1. The number of hydrogen-bond acceptors (Lipinski definition) is 8. The fourth-order valence-corrected chi connectivity index (χ4v) is 7.93. The van der Waals surface area contributed by atoms with Crippen LogP contribution in [0.1, 0.15) is 76.1 Å². The molecule has 1 amide bonds. The van der Waals surface area contributed by atoms with Crippen LogP contribution >= 0.6 is 22.9 Å². The van der Waals surface area contributed by atoms with Crippen LogP contribution < -0.4 is 10.6 Å². The SMILES string of the molecule is Cc1sc2c(c1C)C(c1ccc(Cl)cc1)=N[C@@H](CC(=O)NCCCCCNc1cc(-c3ccc4c(c3)CC(=O)C4)ccn1)c1nnc(C)n1-2. The quantitative estimate of drug-likeness (QED) is 0.140. The molecular formula is C38H38ClN7O2S. The molecule has 0 saturated carbocycles. The maximum atomic E-state index is 13.3. The van der Waals surface area contributed by atoms with Gasteiger partial charge < -0.3 is 10.6 Å². The summed E-state index contributed by atoms with van der Waals surface area (Å²) in [5.74, 6) is 2.49. The van der Waals surface area contributed by atoms with Gasteiger partial charge in [-0.05, 0) is 92.1 Å². The Bertz CT molecular complexity index is 2080. The normalized spacial score (nSPS) is 14.9. The number of thiophene rings is 1. The van der Waals surface area contributed by atoms with E-state index in [9.17, 15) is 9.59 Å². The standard InChI is InChI=1S/C38H38ClN7O2S/c1-22-23(2)49-38-35(22)36(25-9-11-30(39)12-10-25)43-32(37-45-44-24(3)46(37)38)21-34(48)42-15-6-4-5-14-40-33-20-28(13-16-41-33)26-7-8-27-18-31(47)19-29(27)17-26/h7-13,16-17,20,32H,4-6,14-15,18-19,21H2,1-3H3,(H,40,41)(H,42,48)/t32-/m0/s1. The van der Waals surface area contributed by atoms with E-state index in [0.29, 0.717) is 30.2 Å². The molecule has 3 aromatic heterocycles. The first-order valence-corrected chi connectivity index (χ1v) is 17.9. The number of nitrogens with zero attached hydrogens (tertiary/aromatic N) is 5. The summed E-state index contributed by atoms with van der Waals surface area (Å²) in [4.78, 5) is 36.0. The smallest absolute Gasteiger partial charge is 0.222 e. The van der Waals surface area contributed by atoms with Crippen LogP contribution in [0.4, 0.5) is 5.82 Å². The first-order chi connectivity index (χ1) is 23.7. The molecule has 2 aromatic carbocycles. The second-order valence-electron chi connectivity index (χ2n) is 12.8. The maximum Gasteiger partial charge on any atom is 0.222 e. The predicted molar refractivity (Wildman–Crippen MR) is 195 cm³/mol. The number of anilines is 1. The monoisotopic (exact) mass is 691 g/mol. The van der Waals surface area contributed by atoms with Crippen molar-refractivity contribution in [2.75, 3.05) is 18.4 Å². The molecular weight excluding hydrogens is 654 g/mol. The zero-order valence-corrected chi connectivity index (χ0v) is 29.4. The minimum absolute atomic E-state index is 0.0652. The number of halogens is 1. The summed E-state index contributed by atoms with van der Waals surface area (Å²) >= 11 is 7.92. The zero-order chi connectivity index (χ0) is 34.1. The molecule has 1 aliphatic carbocycles. The number of aliphatic imine (C=N–C) groups is 1. The molecule has 0 saturated heterocycles. The average molecular weight is 692 g/mol. The van der Waals surface area contributed by atoms with Crippen molar-refractivity contribution in [3.63, 3.8) is 0 Å². The Labute approximate surface area is 294 Å². The lowest BCUT2D eigenvalue weighted by molar-refractivity contribution is -0.121. The van der Waals surface area contributed by atoms with Crippen LogP contribution in [0.25, 0.3) is 16.1 Å². The fraction of sp³-hybridized carbons (Fsp3) is 0.316. The number of aryl methyl sites for hydroxylation is 2. The van der Waals surface area contributed by atoms with E-state index in [-0.39, 0.29) is 18.1 Å². The van der Waals surface area contributed by atoms with Gasteiger partial charge in [0.05, 0.1) is 12.1 Å². The predicted octanol–water partition coefficient (Wildman–Crippen LogP) is 7.32. The van der Waals surface area contributed by atoms with Gasteiger partial charge >= 0.3 is 0 Å². The van der Waals surface area contributed by atoms with Gasteiger partial charge in [0.15, 0.2) is 5.82 Å².